The maximum absolute atomic E-state index is 12.0. The Labute approximate surface area is 129 Å². The van der Waals surface area contributed by atoms with Crippen LogP contribution in [0.1, 0.15) is 45.7 Å². The topological polar surface area (TPSA) is 74.6 Å². The number of hydrogen-bond acceptors (Lipinski definition) is 4. The minimum Gasteiger partial charge on any atom is -0.507 e. The smallest absolute Gasteiger partial charge is 0.190 e. The minimum absolute atomic E-state index is 0.133. The van der Waals surface area contributed by atoms with Gasteiger partial charge in [-0.2, -0.15) is 0 Å². The van der Waals surface area contributed by atoms with E-state index in [1.54, 1.807) is 13.8 Å². The Morgan fingerprint density at radius 1 is 0.864 bits per heavy atom. The average molecular weight is 298 g/mol. The molecule has 1 aromatic carbocycles. The summed E-state index contributed by atoms with van der Waals surface area (Å²) in [7, 11) is 0. The molecular weight excluding hydrogens is 280 g/mol. The standard InChI is InChI=1S/C18H18O4/c1-9(2)7-11-12(8-10(3)4)18(22)16-14(20)6-5-13(19)15(16)17(11)21/h5-6,21-22H,1,3,7-8H2,2,4H3. The molecule has 1 aliphatic carbocycles. The highest BCUT2D eigenvalue weighted by Crippen LogP contribution is 2.41. The van der Waals surface area contributed by atoms with Crippen LogP contribution in [-0.2, 0) is 12.8 Å². The molecular formula is C18H18O4. The molecule has 1 aromatic rings. The van der Waals surface area contributed by atoms with Crippen molar-refractivity contribution in [2.24, 2.45) is 0 Å². The summed E-state index contributed by atoms with van der Waals surface area (Å²) in [6.45, 7) is 11.2. The molecule has 0 atom stereocenters. The van der Waals surface area contributed by atoms with E-state index < -0.39 is 11.6 Å². The molecule has 0 unspecified atom stereocenters. The molecule has 114 valence electrons. The highest BCUT2D eigenvalue weighted by Gasteiger charge is 2.31. The van der Waals surface area contributed by atoms with E-state index >= 15 is 0 Å². The molecule has 0 bridgehead atoms. The van der Waals surface area contributed by atoms with Crippen LogP contribution in [-0.4, -0.2) is 21.8 Å². The normalized spacial score (nSPS) is 13.2. The number of carbonyl (C=O) groups excluding carboxylic acids is 2. The number of fused-ring (bicyclic) bond motifs is 1. The van der Waals surface area contributed by atoms with Crippen LogP contribution < -0.4 is 0 Å². The average Bonchev–Trinajstić information content (AvgIpc) is 2.41. The van der Waals surface area contributed by atoms with Gasteiger partial charge in [-0.25, -0.2) is 0 Å². The number of rotatable bonds is 4. The molecule has 2 N–H and O–H groups in total. The summed E-state index contributed by atoms with van der Waals surface area (Å²) in [4.78, 5) is 24.1. The van der Waals surface area contributed by atoms with Crippen LogP contribution in [0.3, 0.4) is 0 Å². The molecule has 0 amide bonds. The first kappa shape index (κ1) is 15.8. The Morgan fingerprint density at radius 3 is 1.45 bits per heavy atom. The number of benzene rings is 1. The third kappa shape index (κ3) is 2.60. The summed E-state index contributed by atoms with van der Waals surface area (Å²) in [5.41, 5.74) is 2.11. The van der Waals surface area contributed by atoms with Crippen molar-refractivity contribution in [1.29, 1.82) is 0 Å². The van der Waals surface area contributed by atoms with Gasteiger partial charge in [-0.1, -0.05) is 24.3 Å². The Bertz CT molecular complexity index is 688. The van der Waals surface area contributed by atoms with E-state index in [0.29, 0.717) is 24.0 Å². The molecule has 0 saturated heterocycles. The molecule has 2 rings (SSSR count). The van der Waals surface area contributed by atoms with Crippen LogP contribution in [0.25, 0.3) is 0 Å². The van der Waals surface area contributed by atoms with Gasteiger partial charge in [-0.05, 0) is 38.8 Å². The third-order valence-corrected chi connectivity index (χ3v) is 3.50. The van der Waals surface area contributed by atoms with Crippen LogP contribution in [0.15, 0.2) is 36.5 Å². The molecule has 0 radical (unpaired) electrons. The summed E-state index contributed by atoms with van der Waals surface area (Å²) in [5, 5.41) is 21.0. The fraction of sp³-hybridized carbons (Fsp3) is 0.222. The molecule has 0 fully saturated rings. The van der Waals surface area contributed by atoms with E-state index in [-0.39, 0.29) is 22.6 Å². The quantitative estimate of drug-likeness (QED) is 0.661. The predicted octanol–water partition coefficient (Wildman–Crippen LogP) is 3.27. The van der Waals surface area contributed by atoms with E-state index in [9.17, 15) is 19.8 Å². The summed E-state index contributed by atoms with van der Waals surface area (Å²) < 4.78 is 0. The van der Waals surface area contributed by atoms with Crippen molar-refractivity contribution in [1.82, 2.24) is 0 Å². The monoisotopic (exact) mass is 298 g/mol. The summed E-state index contributed by atoms with van der Waals surface area (Å²) in [6.07, 6.45) is 2.82. The van der Waals surface area contributed by atoms with Crippen LogP contribution in [0.2, 0.25) is 0 Å². The Morgan fingerprint density at radius 2 is 1.18 bits per heavy atom. The van der Waals surface area contributed by atoms with Crippen molar-refractivity contribution in [3.8, 4) is 11.5 Å². The number of carbonyl (C=O) groups is 2. The molecule has 1 aliphatic rings. The van der Waals surface area contributed by atoms with Gasteiger partial charge in [0.1, 0.15) is 11.5 Å². The zero-order chi connectivity index (χ0) is 16.6. The third-order valence-electron chi connectivity index (χ3n) is 3.50. The Hall–Kier alpha value is -2.62. The van der Waals surface area contributed by atoms with E-state index in [2.05, 4.69) is 13.2 Å². The van der Waals surface area contributed by atoms with Gasteiger partial charge in [-0.3, -0.25) is 9.59 Å². The number of ketones is 2. The number of aromatic hydroxyl groups is 2. The second-order valence-electron chi connectivity index (χ2n) is 5.73. The van der Waals surface area contributed by atoms with Crippen molar-refractivity contribution in [2.75, 3.05) is 0 Å². The molecule has 0 aromatic heterocycles. The van der Waals surface area contributed by atoms with Crippen LogP contribution in [0, 0.1) is 0 Å². The lowest BCUT2D eigenvalue weighted by Gasteiger charge is -2.21. The van der Waals surface area contributed by atoms with E-state index in [0.717, 1.165) is 23.3 Å². The number of hydrogen-bond donors (Lipinski definition) is 2. The number of phenolic OH excluding ortho intramolecular Hbond substituents is 2. The first-order valence-electron chi connectivity index (χ1n) is 6.89. The lowest BCUT2D eigenvalue weighted by atomic mass is 9.84. The van der Waals surface area contributed by atoms with Crippen molar-refractivity contribution in [3.63, 3.8) is 0 Å². The second-order valence-corrected chi connectivity index (χ2v) is 5.73. The lowest BCUT2D eigenvalue weighted by molar-refractivity contribution is 0.0989. The van der Waals surface area contributed by atoms with Gasteiger partial charge in [0.05, 0.1) is 11.1 Å². The fourth-order valence-corrected chi connectivity index (χ4v) is 2.61. The number of phenols is 2. The van der Waals surface area contributed by atoms with Gasteiger partial charge in [0.15, 0.2) is 11.6 Å². The maximum Gasteiger partial charge on any atom is 0.190 e. The minimum atomic E-state index is -0.493. The van der Waals surface area contributed by atoms with E-state index in [1.165, 1.54) is 0 Å². The fourth-order valence-electron chi connectivity index (χ4n) is 2.61. The molecule has 22 heavy (non-hydrogen) atoms. The lowest BCUT2D eigenvalue weighted by Crippen LogP contribution is -2.15. The second kappa shape index (κ2) is 5.64. The molecule has 4 nitrogen and oxygen atoms in total. The van der Waals surface area contributed by atoms with E-state index in [1.807, 2.05) is 0 Å². The maximum atomic E-state index is 12.0. The van der Waals surface area contributed by atoms with Crippen molar-refractivity contribution >= 4 is 11.6 Å². The van der Waals surface area contributed by atoms with Crippen LogP contribution >= 0.6 is 0 Å². The largest absolute Gasteiger partial charge is 0.507 e. The molecule has 0 aliphatic heterocycles. The van der Waals surface area contributed by atoms with Crippen molar-refractivity contribution < 1.29 is 19.8 Å². The summed E-state index contributed by atoms with van der Waals surface area (Å²) in [5.74, 6) is -1.50. The molecule has 0 saturated carbocycles. The number of allylic oxidation sites excluding steroid dienone is 4. The highest BCUT2D eigenvalue weighted by atomic mass is 16.3. The molecule has 4 heteroatoms. The van der Waals surface area contributed by atoms with Crippen molar-refractivity contribution in [3.05, 3.63) is 58.7 Å². The van der Waals surface area contributed by atoms with Crippen molar-refractivity contribution in [2.45, 2.75) is 26.7 Å². The molecule has 0 heterocycles. The first-order chi connectivity index (χ1) is 10.2. The Balaban J connectivity index is 2.84. The Kier molecular flexibility index (Phi) is 4.04. The van der Waals surface area contributed by atoms with Gasteiger partial charge < -0.3 is 10.2 Å². The highest BCUT2D eigenvalue weighted by molar-refractivity contribution is 6.24. The van der Waals surface area contributed by atoms with Crippen LogP contribution in [0.4, 0.5) is 0 Å². The van der Waals surface area contributed by atoms with Gasteiger partial charge in [0.25, 0.3) is 0 Å². The summed E-state index contributed by atoms with van der Waals surface area (Å²) in [6, 6.07) is 0. The molecule has 0 spiro atoms. The van der Waals surface area contributed by atoms with E-state index in [4.69, 9.17) is 0 Å². The van der Waals surface area contributed by atoms with Gasteiger partial charge in [-0.15, -0.1) is 0 Å². The summed E-state index contributed by atoms with van der Waals surface area (Å²) >= 11 is 0. The zero-order valence-corrected chi connectivity index (χ0v) is 12.7. The van der Waals surface area contributed by atoms with Gasteiger partial charge >= 0.3 is 0 Å². The predicted molar refractivity (Wildman–Crippen MR) is 84.6 cm³/mol. The van der Waals surface area contributed by atoms with Gasteiger partial charge in [0.2, 0.25) is 0 Å². The SMILES string of the molecule is C=C(C)Cc1c(O)c2c(c(O)c1CC(=C)C)C(=O)C=CC2=O. The van der Waals surface area contributed by atoms with Crippen LogP contribution in [0.5, 0.6) is 11.5 Å². The van der Waals surface area contributed by atoms with Gasteiger partial charge in [0, 0.05) is 11.1 Å². The first-order valence-corrected chi connectivity index (χ1v) is 6.89. The zero-order valence-electron chi connectivity index (χ0n) is 12.7.